The van der Waals surface area contributed by atoms with E-state index in [9.17, 15) is 4.79 Å². The van der Waals surface area contributed by atoms with E-state index in [0.29, 0.717) is 11.6 Å². The van der Waals surface area contributed by atoms with Crippen molar-refractivity contribution in [2.45, 2.75) is 26.2 Å². The zero-order valence-electron chi connectivity index (χ0n) is 11.9. The summed E-state index contributed by atoms with van der Waals surface area (Å²) >= 11 is 2.12. The van der Waals surface area contributed by atoms with Crippen LogP contribution in [0.1, 0.15) is 42.2 Å². The molecule has 1 aromatic carbocycles. The van der Waals surface area contributed by atoms with Gasteiger partial charge in [0.15, 0.2) is 0 Å². The fourth-order valence-corrected chi connectivity index (χ4v) is 2.83. The third-order valence-electron chi connectivity index (χ3n) is 3.46. The molecule has 1 heterocycles. The molecular weight excluding hydrogens is 365 g/mol. The van der Waals surface area contributed by atoms with Crippen molar-refractivity contribution in [1.82, 2.24) is 9.78 Å². The van der Waals surface area contributed by atoms with E-state index in [1.54, 1.807) is 17.9 Å². The van der Waals surface area contributed by atoms with Crippen molar-refractivity contribution in [3.63, 3.8) is 0 Å². The van der Waals surface area contributed by atoms with Crippen molar-refractivity contribution in [3.8, 4) is 0 Å². The van der Waals surface area contributed by atoms with Crippen molar-refractivity contribution in [2.75, 3.05) is 5.32 Å². The van der Waals surface area contributed by atoms with Gasteiger partial charge in [-0.3, -0.25) is 9.48 Å². The molecule has 0 aliphatic carbocycles. The van der Waals surface area contributed by atoms with E-state index in [1.165, 1.54) is 5.56 Å². The standard InChI is InChI=1S/C15H18IN3O/c1-4-10(2)11-7-5-6-8-13(11)18-15(20)14-12(16)9-17-19(14)3/h5-10H,4H2,1-3H3,(H,18,20)/t10-/m1/s1. The van der Waals surface area contributed by atoms with Crippen LogP contribution < -0.4 is 5.32 Å². The molecule has 0 radical (unpaired) electrons. The Morgan fingerprint density at radius 1 is 1.45 bits per heavy atom. The molecular formula is C15H18IN3O. The number of nitrogens with one attached hydrogen (secondary N) is 1. The Morgan fingerprint density at radius 2 is 2.15 bits per heavy atom. The van der Waals surface area contributed by atoms with Crippen LogP contribution in [0.5, 0.6) is 0 Å². The van der Waals surface area contributed by atoms with Crippen molar-refractivity contribution < 1.29 is 4.79 Å². The summed E-state index contributed by atoms with van der Waals surface area (Å²) in [5, 5.41) is 7.11. The van der Waals surface area contributed by atoms with Gasteiger partial charge in [-0.1, -0.05) is 32.0 Å². The molecule has 1 amide bonds. The maximum Gasteiger partial charge on any atom is 0.275 e. The van der Waals surface area contributed by atoms with E-state index < -0.39 is 0 Å². The second-order valence-corrected chi connectivity index (χ2v) is 5.98. The molecule has 5 heteroatoms. The van der Waals surface area contributed by atoms with Crippen LogP contribution in [0, 0.1) is 3.57 Å². The van der Waals surface area contributed by atoms with Crippen molar-refractivity contribution in [1.29, 1.82) is 0 Å². The number of carbonyl (C=O) groups is 1. The van der Waals surface area contributed by atoms with Crippen LogP contribution >= 0.6 is 22.6 Å². The summed E-state index contributed by atoms with van der Waals surface area (Å²) in [6.45, 7) is 4.31. The van der Waals surface area contributed by atoms with Crippen LogP contribution in [0.2, 0.25) is 0 Å². The summed E-state index contributed by atoms with van der Waals surface area (Å²) in [5.74, 6) is 0.294. The Labute approximate surface area is 132 Å². The molecule has 2 rings (SSSR count). The van der Waals surface area contributed by atoms with Gasteiger partial charge in [-0.15, -0.1) is 0 Å². The Balaban J connectivity index is 2.29. The van der Waals surface area contributed by atoms with Gasteiger partial charge in [0.1, 0.15) is 5.69 Å². The maximum absolute atomic E-state index is 12.4. The van der Waals surface area contributed by atoms with Crippen LogP contribution in [0.4, 0.5) is 5.69 Å². The molecule has 20 heavy (non-hydrogen) atoms. The summed E-state index contributed by atoms with van der Waals surface area (Å²) in [5.41, 5.74) is 2.63. The number of benzene rings is 1. The molecule has 0 saturated heterocycles. The van der Waals surface area contributed by atoms with Gasteiger partial charge < -0.3 is 5.32 Å². The lowest BCUT2D eigenvalue weighted by atomic mass is 9.97. The fraction of sp³-hybridized carbons (Fsp3) is 0.333. The first-order valence-corrected chi connectivity index (χ1v) is 7.70. The van der Waals surface area contributed by atoms with Gasteiger partial charge >= 0.3 is 0 Å². The van der Waals surface area contributed by atoms with Gasteiger partial charge in [-0.2, -0.15) is 5.10 Å². The van der Waals surface area contributed by atoms with Gasteiger partial charge in [-0.25, -0.2) is 0 Å². The monoisotopic (exact) mass is 383 g/mol. The highest BCUT2D eigenvalue weighted by Crippen LogP contribution is 2.27. The van der Waals surface area contributed by atoms with Gasteiger partial charge in [0.25, 0.3) is 5.91 Å². The lowest BCUT2D eigenvalue weighted by Crippen LogP contribution is -2.18. The number of rotatable bonds is 4. The van der Waals surface area contributed by atoms with Crippen LogP contribution in [0.3, 0.4) is 0 Å². The van der Waals surface area contributed by atoms with E-state index in [-0.39, 0.29) is 5.91 Å². The predicted molar refractivity (Wildman–Crippen MR) is 89.0 cm³/mol. The molecule has 1 atom stereocenters. The minimum atomic E-state index is -0.120. The summed E-state index contributed by atoms with van der Waals surface area (Å²) in [7, 11) is 1.78. The smallest absolute Gasteiger partial charge is 0.275 e. The van der Waals surface area contributed by atoms with E-state index in [0.717, 1.165) is 15.7 Å². The second kappa shape index (κ2) is 6.39. The number of hydrogen-bond acceptors (Lipinski definition) is 2. The lowest BCUT2D eigenvalue weighted by Gasteiger charge is -2.15. The molecule has 0 bridgehead atoms. The van der Waals surface area contributed by atoms with Gasteiger partial charge in [0, 0.05) is 12.7 Å². The van der Waals surface area contributed by atoms with Crippen LogP contribution in [-0.4, -0.2) is 15.7 Å². The minimum absolute atomic E-state index is 0.120. The first-order valence-electron chi connectivity index (χ1n) is 6.62. The number of aryl methyl sites for hydroxylation is 1. The average Bonchev–Trinajstić information content (AvgIpc) is 2.78. The number of amides is 1. The highest BCUT2D eigenvalue weighted by Gasteiger charge is 2.17. The molecule has 106 valence electrons. The number of para-hydroxylation sites is 1. The third-order valence-corrected chi connectivity index (χ3v) is 4.25. The van der Waals surface area contributed by atoms with Crippen LogP contribution in [0.25, 0.3) is 0 Å². The lowest BCUT2D eigenvalue weighted by molar-refractivity contribution is 0.101. The SMILES string of the molecule is CC[C@@H](C)c1ccccc1NC(=O)c1c(I)cnn1C. The molecule has 0 unspecified atom stereocenters. The van der Waals surface area contributed by atoms with Crippen molar-refractivity contribution in [2.24, 2.45) is 7.05 Å². The quantitative estimate of drug-likeness (QED) is 0.817. The molecule has 0 aliphatic heterocycles. The summed E-state index contributed by atoms with van der Waals surface area (Å²) in [4.78, 5) is 12.4. The average molecular weight is 383 g/mol. The first-order chi connectivity index (χ1) is 9.54. The molecule has 1 aromatic heterocycles. The Hall–Kier alpha value is -1.37. The summed E-state index contributed by atoms with van der Waals surface area (Å²) < 4.78 is 2.45. The van der Waals surface area contributed by atoms with Gasteiger partial charge in [0.2, 0.25) is 0 Å². The number of carbonyl (C=O) groups excluding carboxylic acids is 1. The topological polar surface area (TPSA) is 46.9 Å². The molecule has 0 saturated carbocycles. The fourth-order valence-electron chi connectivity index (χ4n) is 2.11. The zero-order valence-corrected chi connectivity index (χ0v) is 14.0. The summed E-state index contributed by atoms with van der Waals surface area (Å²) in [6, 6.07) is 7.96. The molecule has 0 fully saturated rings. The molecule has 0 spiro atoms. The first kappa shape index (κ1) is 15.0. The highest BCUT2D eigenvalue weighted by atomic mass is 127. The van der Waals surface area contributed by atoms with Crippen molar-refractivity contribution >= 4 is 34.2 Å². The summed E-state index contributed by atoms with van der Waals surface area (Å²) in [6.07, 6.45) is 2.73. The second-order valence-electron chi connectivity index (χ2n) is 4.82. The van der Waals surface area contributed by atoms with Gasteiger partial charge in [0.05, 0.1) is 9.77 Å². The van der Waals surface area contributed by atoms with E-state index >= 15 is 0 Å². The largest absolute Gasteiger partial charge is 0.320 e. The molecule has 2 aromatic rings. The number of nitrogens with zero attached hydrogens (tertiary/aromatic N) is 2. The van der Waals surface area contributed by atoms with Crippen LogP contribution in [0.15, 0.2) is 30.5 Å². The van der Waals surface area contributed by atoms with E-state index in [2.05, 4.69) is 52.9 Å². The normalized spacial score (nSPS) is 12.2. The molecule has 0 aliphatic rings. The van der Waals surface area contributed by atoms with Gasteiger partial charge in [-0.05, 0) is 46.6 Å². The Kier molecular flexibility index (Phi) is 4.80. The number of hydrogen-bond donors (Lipinski definition) is 1. The number of halogens is 1. The Bertz CT molecular complexity index is 602. The zero-order chi connectivity index (χ0) is 14.7. The van der Waals surface area contributed by atoms with E-state index in [1.807, 2.05) is 18.2 Å². The number of aromatic nitrogens is 2. The minimum Gasteiger partial charge on any atom is -0.320 e. The Morgan fingerprint density at radius 3 is 2.75 bits per heavy atom. The van der Waals surface area contributed by atoms with Crippen molar-refractivity contribution in [3.05, 3.63) is 45.3 Å². The predicted octanol–water partition coefficient (Wildman–Crippen LogP) is 3.79. The number of anilines is 1. The van der Waals surface area contributed by atoms with E-state index in [4.69, 9.17) is 0 Å². The maximum atomic E-state index is 12.4. The highest BCUT2D eigenvalue weighted by molar-refractivity contribution is 14.1. The third kappa shape index (κ3) is 3.03. The molecule has 4 nitrogen and oxygen atoms in total. The van der Waals surface area contributed by atoms with Crippen LogP contribution in [-0.2, 0) is 7.05 Å². The molecule has 1 N–H and O–H groups in total.